The number of hydrogen-bond donors (Lipinski definition) is 3. The van der Waals surface area contributed by atoms with E-state index in [1.54, 1.807) is 12.1 Å². The zero-order valence-corrected chi connectivity index (χ0v) is 14.0. The third kappa shape index (κ3) is 6.25. The molecule has 0 radical (unpaired) electrons. The van der Waals surface area contributed by atoms with Gasteiger partial charge in [0.2, 0.25) is 6.41 Å². The van der Waals surface area contributed by atoms with E-state index in [4.69, 9.17) is 22.5 Å². The number of halogens is 2. The van der Waals surface area contributed by atoms with E-state index in [1.165, 1.54) is 30.9 Å². The number of hydrogen-bond acceptors (Lipinski definition) is 4. The summed E-state index contributed by atoms with van der Waals surface area (Å²) in [5.41, 5.74) is 7.16. The summed E-state index contributed by atoms with van der Waals surface area (Å²) in [6.45, 7) is 2.36. The summed E-state index contributed by atoms with van der Waals surface area (Å²) in [6.07, 6.45) is 3.49. The van der Waals surface area contributed by atoms with Crippen molar-refractivity contribution < 1.29 is 9.18 Å². The van der Waals surface area contributed by atoms with Crippen LogP contribution in [0.2, 0.25) is 5.02 Å². The second kappa shape index (κ2) is 9.71. The maximum Gasteiger partial charge on any atom is 0.207 e. The van der Waals surface area contributed by atoms with Gasteiger partial charge in [0.05, 0.1) is 0 Å². The zero-order valence-electron chi connectivity index (χ0n) is 12.4. The van der Waals surface area contributed by atoms with E-state index in [2.05, 4.69) is 5.32 Å². The molecular formula is C15H21ClFN3OS. The highest BCUT2D eigenvalue weighted by Crippen LogP contribution is 2.36. The molecule has 1 fully saturated rings. The van der Waals surface area contributed by atoms with Crippen LogP contribution in [0.1, 0.15) is 25.3 Å². The second-order valence-electron chi connectivity index (χ2n) is 4.93. The molecule has 0 unspecified atom stereocenters. The number of nitrogens with two attached hydrogens (primary N) is 2. The summed E-state index contributed by atoms with van der Waals surface area (Å²) in [5, 5.41) is 8.16. The van der Waals surface area contributed by atoms with Gasteiger partial charge in [-0.3, -0.25) is 9.93 Å². The van der Waals surface area contributed by atoms with Crippen LogP contribution in [0.25, 0.3) is 0 Å². The third-order valence-electron chi connectivity index (χ3n) is 3.26. The molecule has 1 aliphatic rings. The molecule has 4 nitrogen and oxygen atoms in total. The molecule has 0 atom stereocenters. The van der Waals surface area contributed by atoms with E-state index < -0.39 is 0 Å². The Bertz CT molecular complexity index is 515. The van der Waals surface area contributed by atoms with Crippen LogP contribution in [0.3, 0.4) is 0 Å². The summed E-state index contributed by atoms with van der Waals surface area (Å²) in [6, 6.07) is 4.53. The Morgan fingerprint density at radius 2 is 2.23 bits per heavy atom. The Morgan fingerprint density at radius 3 is 2.73 bits per heavy atom. The molecule has 1 aliphatic carbocycles. The Labute approximate surface area is 139 Å². The molecule has 1 aromatic carbocycles. The van der Waals surface area contributed by atoms with Crippen molar-refractivity contribution in [3.8, 4) is 0 Å². The Hall–Kier alpha value is -1.24. The molecule has 0 aromatic heterocycles. The van der Waals surface area contributed by atoms with Crippen molar-refractivity contribution in [1.82, 2.24) is 5.32 Å². The molecule has 1 amide bonds. The minimum atomic E-state index is -0.333. The van der Waals surface area contributed by atoms with Crippen LogP contribution in [-0.2, 0) is 11.2 Å². The Balaban J connectivity index is 0.000000235. The lowest BCUT2D eigenvalue weighted by Crippen LogP contribution is -2.15. The van der Waals surface area contributed by atoms with Gasteiger partial charge in [-0.05, 0) is 44.2 Å². The van der Waals surface area contributed by atoms with Gasteiger partial charge < -0.3 is 11.1 Å². The monoisotopic (exact) mass is 345 g/mol. The third-order valence-corrected chi connectivity index (χ3v) is 4.21. The van der Waals surface area contributed by atoms with Gasteiger partial charge in [0.1, 0.15) is 5.82 Å². The van der Waals surface area contributed by atoms with Gasteiger partial charge >= 0.3 is 0 Å². The smallest absolute Gasteiger partial charge is 0.207 e. The van der Waals surface area contributed by atoms with Crippen molar-refractivity contribution in [3.05, 3.63) is 45.2 Å². The van der Waals surface area contributed by atoms with E-state index in [1.807, 2.05) is 6.92 Å². The molecule has 7 heteroatoms. The minimum absolute atomic E-state index is 0.333. The highest BCUT2D eigenvalue weighted by molar-refractivity contribution is 8.00. The fourth-order valence-corrected chi connectivity index (χ4v) is 2.34. The molecule has 1 aromatic rings. The topological polar surface area (TPSA) is 81.1 Å². The number of rotatable bonds is 6. The van der Waals surface area contributed by atoms with Crippen LogP contribution >= 0.6 is 23.5 Å². The van der Waals surface area contributed by atoms with Crippen molar-refractivity contribution in [2.24, 2.45) is 16.8 Å². The first-order valence-corrected chi connectivity index (χ1v) is 8.19. The van der Waals surface area contributed by atoms with Crippen LogP contribution in [-0.4, -0.2) is 13.0 Å². The molecule has 122 valence electrons. The molecule has 0 heterocycles. The average molecular weight is 346 g/mol. The minimum Gasteiger partial charge on any atom is -0.401 e. The lowest BCUT2D eigenvalue weighted by atomic mass is 10.1. The van der Waals surface area contributed by atoms with E-state index >= 15 is 0 Å². The zero-order chi connectivity index (χ0) is 16.5. The quantitative estimate of drug-likeness (QED) is 0.420. The Morgan fingerprint density at radius 1 is 1.55 bits per heavy atom. The van der Waals surface area contributed by atoms with Gasteiger partial charge in [-0.1, -0.05) is 29.6 Å². The summed E-state index contributed by atoms with van der Waals surface area (Å²) in [4.78, 5) is 11.0. The summed E-state index contributed by atoms with van der Waals surface area (Å²) in [5.74, 6) is 0.321. The van der Waals surface area contributed by atoms with Crippen LogP contribution in [0.15, 0.2) is 28.8 Å². The standard InChI is InChI=1S/C9H9ClFNO.C6H12N2S/c10-8-2-1-3-9(11)7(8)4-5-12-6-13;1-4(9-8)6(7)5-2-3-5/h1-3,6H,4-5H2,(H,12,13);5H,2-3,7-8H2,1H3/b;6-4-. The molecule has 1 saturated carbocycles. The van der Waals surface area contributed by atoms with E-state index in [9.17, 15) is 9.18 Å². The normalized spacial score (nSPS) is 14.5. The number of carbonyl (C=O) groups excluding carboxylic acids is 1. The summed E-state index contributed by atoms with van der Waals surface area (Å²) >= 11 is 7.01. The maximum absolute atomic E-state index is 13.1. The van der Waals surface area contributed by atoms with E-state index in [0.29, 0.717) is 35.9 Å². The molecule has 2 rings (SSSR count). The van der Waals surface area contributed by atoms with E-state index in [-0.39, 0.29) is 5.82 Å². The fourth-order valence-electron chi connectivity index (χ4n) is 1.78. The van der Waals surface area contributed by atoms with E-state index in [0.717, 1.165) is 10.6 Å². The predicted octanol–water partition coefficient (Wildman–Crippen LogP) is 2.96. The average Bonchev–Trinajstić information content (AvgIpc) is 3.34. The van der Waals surface area contributed by atoms with Gasteiger partial charge in [0, 0.05) is 27.7 Å². The number of amides is 1. The number of benzene rings is 1. The maximum atomic E-state index is 13.1. The Kier molecular flexibility index (Phi) is 8.30. The van der Waals surface area contributed by atoms with Crippen molar-refractivity contribution in [1.29, 1.82) is 0 Å². The van der Waals surface area contributed by atoms with Crippen molar-refractivity contribution >= 4 is 30.0 Å². The largest absolute Gasteiger partial charge is 0.401 e. The second-order valence-corrected chi connectivity index (χ2v) is 6.18. The van der Waals surface area contributed by atoms with Gasteiger partial charge in [-0.25, -0.2) is 4.39 Å². The molecule has 0 saturated heterocycles. The first-order chi connectivity index (χ1) is 10.5. The van der Waals surface area contributed by atoms with Gasteiger partial charge in [-0.2, -0.15) is 0 Å². The molecule has 0 bridgehead atoms. The van der Waals surface area contributed by atoms with Gasteiger partial charge in [0.25, 0.3) is 0 Å². The predicted molar refractivity (Wildman–Crippen MR) is 90.6 cm³/mol. The molecular weight excluding hydrogens is 325 g/mol. The van der Waals surface area contributed by atoms with Crippen LogP contribution in [0.4, 0.5) is 4.39 Å². The fraction of sp³-hybridized carbons (Fsp3) is 0.400. The van der Waals surface area contributed by atoms with Gasteiger partial charge in [0.15, 0.2) is 0 Å². The van der Waals surface area contributed by atoms with Crippen molar-refractivity contribution in [2.75, 3.05) is 6.54 Å². The van der Waals surface area contributed by atoms with Crippen molar-refractivity contribution in [3.63, 3.8) is 0 Å². The van der Waals surface area contributed by atoms with Crippen molar-refractivity contribution in [2.45, 2.75) is 26.2 Å². The lowest BCUT2D eigenvalue weighted by molar-refractivity contribution is -0.109. The van der Waals surface area contributed by atoms with Gasteiger partial charge in [-0.15, -0.1) is 0 Å². The molecule has 22 heavy (non-hydrogen) atoms. The lowest BCUT2D eigenvalue weighted by Gasteiger charge is -2.04. The van der Waals surface area contributed by atoms with Crippen LogP contribution < -0.4 is 16.2 Å². The number of carbonyl (C=O) groups is 1. The molecule has 0 spiro atoms. The van der Waals surface area contributed by atoms with Crippen LogP contribution in [0.5, 0.6) is 0 Å². The first-order valence-electron chi connectivity index (χ1n) is 6.94. The number of allylic oxidation sites excluding steroid dienone is 2. The first kappa shape index (κ1) is 18.8. The molecule has 0 aliphatic heterocycles. The SMILES string of the molecule is C/C(SN)=C(/N)C1CC1.O=CNCCc1c(F)cccc1Cl. The highest BCUT2D eigenvalue weighted by Gasteiger charge is 2.25. The highest BCUT2D eigenvalue weighted by atomic mass is 35.5. The molecule has 5 N–H and O–H groups in total. The summed E-state index contributed by atoms with van der Waals surface area (Å²) in [7, 11) is 0. The van der Waals surface area contributed by atoms with Crippen LogP contribution in [0, 0.1) is 11.7 Å². The number of nitrogens with one attached hydrogen (secondary N) is 1. The summed E-state index contributed by atoms with van der Waals surface area (Å²) < 4.78 is 13.1.